The van der Waals surface area contributed by atoms with Crippen LogP contribution in [-0.2, 0) is 11.3 Å². The molecule has 0 aliphatic carbocycles. The SMILES string of the molecule is Cc1cc(C(O)C(=O)NCc2ccco2)ccc1F. The van der Waals surface area contributed by atoms with E-state index < -0.39 is 12.0 Å². The number of halogens is 1. The van der Waals surface area contributed by atoms with Gasteiger partial charge in [-0.15, -0.1) is 0 Å². The Kier molecular flexibility index (Phi) is 3.97. The minimum absolute atomic E-state index is 0.197. The summed E-state index contributed by atoms with van der Waals surface area (Å²) in [6.07, 6.45) is 0.176. The number of aliphatic hydroxyl groups is 1. The van der Waals surface area contributed by atoms with Crippen molar-refractivity contribution in [2.75, 3.05) is 0 Å². The summed E-state index contributed by atoms with van der Waals surface area (Å²) in [5, 5.41) is 12.4. The number of hydrogen-bond donors (Lipinski definition) is 2. The van der Waals surface area contributed by atoms with E-state index in [0.717, 1.165) is 0 Å². The highest BCUT2D eigenvalue weighted by Gasteiger charge is 2.18. The molecule has 1 amide bonds. The lowest BCUT2D eigenvalue weighted by Gasteiger charge is -2.11. The normalized spacial score (nSPS) is 12.2. The maximum Gasteiger partial charge on any atom is 0.253 e. The highest BCUT2D eigenvalue weighted by molar-refractivity contribution is 5.81. The van der Waals surface area contributed by atoms with E-state index >= 15 is 0 Å². The molecule has 1 aromatic heterocycles. The molecular weight excluding hydrogens is 249 g/mol. The second kappa shape index (κ2) is 5.67. The first kappa shape index (κ1) is 13.3. The van der Waals surface area contributed by atoms with Gasteiger partial charge in [-0.25, -0.2) is 4.39 Å². The number of hydrogen-bond acceptors (Lipinski definition) is 3. The van der Waals surface area contributed by atoms with Crippen LogP contribution in [0.1, 0.15) is 23.0 Å². The molecule has 0 aliphatic heterocycles. The fourth-order valence-corrected chi connectivity index (χ4v) is 1.67. The fourth-order valence-electron chi connectivity index (χ4n) is 1.67. The lowest BCUT2D eigenvalue weighted by atomic mass is 10.1. The first-order valence-corrected chi connectivity index (χ1v) is 5.82. The molecule has 0 bridgehead atoms. The predicted octanol–water partition coefficient (Wildman–Crippen LogP) is 2.08. The molecule has 5 heteroatoms. The topological polar surface area (TPSA) is 62.5 Å². The Bertz CT molecular complexity index is 566. The second-order valence-corrected chi connectivity index (χ2v) is 4.21. The van der Waals surface area contributed by atoms with Gasteiger partial charge < -0.3 is 14.8 Å². The summed E-state index contributed by atoms with van der Waals surface area (Å²) < 4.78 is 18.2. The summed E-state index contributed by atoms with van der Waals surface area (Å²) in [4.78, 5) is 11.7. The van der Waals surface area contributed by atoms with Crippen molar-refractivity contribution >= 4 is 5.91 Å². The van der Waals surface area contributed by atoms with Crippen LogP contribution in [0.2, 0.25) is 0 Å². The molecule has 1 unspecified atom stereocenters. The van der Waals surface area contributed by atoms with Crippen molar-refractivity contribution in [2.45, 2.75) is 19.6 Å². The molecule has 0 aliphatic rings. The summed E-state index contributed by atoms with van der Waals surface area (Å²) in [5.74, 6) is -0.329. The van der Waals surface area contributed by atoms with Gasteiger partial charge in [0.15, 0.2) is 6.10 Å². The smallest absolute Gasteiger partial charge is 0.253 e. The van der Waals surface area contributed by atoms with Crippen LogP contribution in [0, 0.1) is 12.7 Å². The van der Waals surface area contributed by atoms with Crippen LogP contribution in [0.4, 0.5) is 4.39 Å². The Hall–Kier alpha value is -2.14. The van der Waals surface area contributed by atoms with E-state index in [4.69, 9.17) is 4.42 Å². The Morgan fingerprint density at radius 1 is 1.47 bits per heavy atom. The summed E-state index contributed by atoms with van der Waals surface area (Å²) in [5.41, 5.74) is 0.742. The van der Waals surface area contributed by atoms with E-state index in [1.165, 1.54) is 24.5 Å². The van der Waals surface area contributed by atoms with Crippen LogP contribution in [0.3, 0.4) is 0 Å². The number of rotatable bonds is 4. The average molecular weight is 263 g/mol. The molecule has 0 radical (unpaired) electrons. The van der Waals surface area contributed by atoms with Gasteiger partial charge in [-0.05, 0) is 36.2 Å². The third kappa shape index (κ3) is 3.20. The van der Waals surface area contributed by atoms with Crippen molar-refractivity contribution in [3.63, 3.8) is 0 Å². The van der Waals surface area contributed by atoms with Crippen LogP contribution in [0.25, 0.3) is 0 Å². The van der Waals surface area contributed by atoms with Crippen LogP contribution in [0.5, 0.6) is 0 Å². The molecule has 2 aromatic rings. The maximum absolute atomic E-state index is 13.1. The Labute approximate surface area is 109 Å². The Balaban J connectivity index is 2.00. The first-order chi connectivity index (χ1) is 9.08. The van der Waals surface area contributed by atoms with E-state index in [9.17, 15) is 14.3 Å². The van der Waals surface area contributed by atoms with Crippen LogP contribution in [0.15, 0.2) is 41.0 Å². The standard InChI is InChI=1S/C14H14FNO3/c1-9-7-10(4-5-12(9)15)13(17)14(18)16-8-11-3-2-6-19-11/h2-7,13,17H,8H2,1H3,(H,16,18). The van der Waals surface area contributed by atoms with Crippen molar-refractivity contribution in [3.05, 3.63) is 59.3 Å². The van der Waals surface area contributed by atoms with Crippen LogP contribution in [-0.4, -0.2) is 11.0 Å². The highest BCUT2D eigenvalue weighted by Crippen LogP contribution is 2.17. The van der Waals surface area contributed by atoms with Gasteiger partial charge in [0.05, 0.1) is 12.8 Å². The van der Waals surface area contributed by atoms with Gasteiger partial charge in [0.25, 0.3) is 5.91 Å². The van der Waals surface area contributed by atoms with Gasteiger partial charge in [-0.1, -0.05) is 12.1 Å². The number of amides is 1. The minimum atomic E-state index is -1.32. The quantitative estimate of drug-likeness (QED) is 0.887. The van der Waals surface area contributed by atoms with Crippen LogP contribution < -0.4 is 5.32 Å². The van der Waals surface area contributed by atoms with Crippen molar-refractivity contribution in [2.24, 2.45) is 0 Å². The number of benzene rings is 1. The van der Waals surface area contributed by atoms with Crippen molar-refractivity contribution in [3.8, 4) is 0 Å². The summed E-state index contributed by atoms with van der Waals surface area (Å²) in [7, 11) is 0. The van der Waals surface area contributed by atoms with Crippen LogP contribution >= 0.6 is 0 Å². The van der Waals surface area contributed by atoms with E-state index in [0.29, 0.717) is 16.9 Å². The lowest BCUT2D eigenvalue weighted by Crippen LogP contribution is -2.28. The third-order valence-electron chi connectivity index (χ3n) is 2.76. The van der Waals surface area contributed by atoms with Gasteiger partial charge >= 0.3 is 0 Å². The fraction of sp³-hybridized carbons (Fsp3) is 0.214. The van der Waals surface area contributed by atoms with Crippen molar-refractivity contribution < 1.29 is 18.7 Å². The van der Waals surface area contributed by atoms with Gasteiger partial charge in [0, 0.05) is 0 Å². The first-order valence-electron chi connectivity index (χ1n) is 5.82. The number of aliphatic hydroxyl groups excluding tert-OH is 1. The van der Waals surface area contributed by atoms with E-state index in [1.807, 2.05) is 0 Å². The Morgan fingerprint density at radius 3 is 2.89 bits per heavy atom. The molecule has 2 N–H and O–H groups in total. The molecule has 1 atom stereocenters. The van der Waals surface area contributed by atoms with Gasteiger partial charge in [0.2, 0.25) is 0 Å². The molecule has 1 heterocycles. The maximum atomic E-state index is 13.1. The lowest BCUT2D eigenvalue weighted by molar-refractivity contribution is -0.129. The molecule has 19 heavy (non-hydrogen) atoms. The van der Waals surface area contributed by atoms with Gasteiger partial charge in [0.1, 0.15) is 11.6 Å². The minimum Gasteiger partial charge on any atom is -0.467 e. The largest absolute Gasteiger partial charge is 0.467 e. The molecule has 1 aromatic carbocycles. The molecule has 4 nitrogen and oxygen atoms in total. The predicted molar refractivity (Wildman–Crippen MR) is 66.7 cm³/mol. The van der Waals surface area contributed by atoms with E-state index in [-0.39, 0.29) is 12.4 Å². The number of aryl methyl sites for hydroxylation is 1. The number of carbonyl (C=O) groups is 1. The molecule has 100 valence electrons. The molecule has 0 spiro atoms. The second-order valence-electron chi connectivity index (χ2n) is 4.21. The summed E-state index contributed by atoms with van der Waals surface area (Å²) in [6.45, 7) is 1.77. The Morgan fingerprint density at radius 2 is 2.26 bits per heavy atom. The molecule has 0 saturated heterocycles. The highest BCUT2D eigenvalue weighted by atomic mass is 19.1. The average Bonchev–Trinajstić information content (AvgIpc) is 2.91. The molecule has 2 rings (SSSR count). The van der Waals surface area contributed by atoms with Crippen molar-refractivity contribution in [1.29, 1.82) is 0 Å². The summed E-state index contributed by atoms with van der Waals surface area (Å²) >= 11 is 0. The zero-order chi connectivity index (χ0) is 13.8. The third-order valence-corrected chi connectivity index (χ3v) is 2.76. The van der Waals surface area contributed by atoms with E-state index in [2.05, 4.69) is 5.32 Å². The molecule has 0 saturated carbocycles. The number of carbonyl (C=O) groups excluding carboxylic acids is 1. The van der Waals surface area contributed by atoms with Crippen molar-refractivity contribution in [1.82, 2.24) is 5.32 Å². The zero-order valence-electron chi connectivity index (χ0n) is 10.4. The zero-order valence-corrected chi connectivity index (χ0v) is 10.4. The van der Waals surface area contributed by atoms with E-state index in [1.54, 1.807) is 19.1 Å². The number of nitrogens with one attached hydrogen (secondary N) is 1. The number of furan rings is 1. The van der Waals surface area contributed by atoms with Gasteiger partial charge in [-0.2, -0.15) is 0 Å². The van der Waals surface area contributed by atoms with Gasteiger partial charge in [-0.3, -0.25) is 4.79 Å². The summed E-state index contributed by atoms with van der Waals surface area (Å²) in [6, 6.07) is 7.50. The molecule has 0 fully saturated rings. The molecular formula is C14H14FNO3. The monoisotopic (exact) mass is 263 g/mol.